The molecule has 0 aliphatic carbocycles. The van der Waals surface area contributed by atoms with E-state index in [2.05, 4.69) is 38.1 Å². The number of rotatable bonds is 5. The zero-order valence-corrected chi connectivity index (χ0v) is 9.99. The van der Waals surface area contributed by atoms with Crippen LogP contribution >= 0.6 is 0 Å². The number of aryl methyl sites for hydroxylation is 1. The second-order valence-electron chi connectivity index (χ2n) is 4.01. The molecule has 84 valence electrons. The Morgan fingerprint density at radius 3 is 2.07 bits per heavy atom. The highest BCUT2D eigenvalue weighted by Gasteiger charge is 2.15. The highest BCUT2D eigenvalue weighted by Crippen LogP contribution is 2.15. The van der Waals surface area contributed by atoms with Crippen LogP contribution in [0.2, 0.25) is 0 Å². The van der Waals surface area contributed by atoms with Gasteiger partial charge in [-0.3, -0.25) is 0 Å². The van der Waals surface area contributed by atoms with Gasteiger partial charge in [0.1, 0.15) is 0 Å². The molecule has 15 heavy (non-hydrogen) atoms. The van der Waals surface area contributed by atoms with Gasteiger partial charge in [0.15, 0.2) is 6.29 Å². The van der Waals surface area contributed by atoms with Crippen LogP contribution in [-0.2, 0) is 15.9 Å². The number of hydrogen-bond donors (Lipinski definition) is 0. The first-order valence-electron chi connectivity index (χ1n) is 5.28. The summed E-state index contributed by atoms with van der Waals surface area (Å²) >= 11 is 0. The molecule has 0 fully saturated rings. The fraction of sp³-hybridized carbons (Fsp3) is 0.538. The highest BCUT2D eigenvalue weighted by molar-refractivity contribution is 5.21. The van der Waals surface area contributed by atoms with E-state index in [1.54, 1.807) is 14.2 Å². The molecular weight excluding hydrogens is 188 g/mol. The number of hydrogen-bond acceptors (Lipinski definition) is 2. The summed E-state index contributed by atoms with van der Waals surface area (Å²) in [4.78, 5) is 0. The van der Waals surface area contributed by atoms with Crippen molar-refractivity contribution in [2.45, 2.75) is 26.6 Å². The van der Waals surface area contributed by atoms with E-state index in [0.29, 0.717) is 5.92 Å². The molecule has 0 aliphatic rings. The number of benzene rings is 1. The summed E-state index contributed by atoms with van der Waals surface area (Å²) in [7, 11) is 3.36. The first-order chi connectivity index (χ1) is 7.17. The quantitative estimate of drug-likeness (QED) is 0.693. The fourth-order valence-electron chi connectivity index (χ4n) is 1.75. The molecule has 0 aromatic heterocycles. The van der Waals surface area contributed by atoms with Crippen LogP contribution in [0.5, 0.6) is 0 Å². The van der Waals surface area contributed by atoms with Crippen LogP contribution in [0, 0.1) is 12.8 Å². The van der Waals surface area contributed by atoms with Crippen LogP contribution in [-0.4, -0.2) is 20.5 Å². The zero-order valence-electron chi connectivity index (χ0n) is 9.99. The van der Waals surface area contributed by atoms with Crippen molar-refractivity contribution in [2.24, 2.45) is 5.92 Å². The molecule has 0 saturated carbocycles. The van der Waals surface area contributed by atoms with E-state index in [1.165, 1.54) is 11.1 Å². The highest BCUT2D eigenvalue weighted by atomic mass is 16.7. The van der Waals surface area contributed by atoms with Gasteiger partial charge in [0.25, 0.3) is 0 Å². The second-order valence-corrected chi connectivity index (χ2v) is 4.01. The topological polar surface area (TPSA) is 18.5 Å². The fourth-order valence-corrected chi connectivity index (χ4v) is 1.75. The van der Waals surface area contributed by atoms with Crippen LogP contribution in [0.1, 0.15) is 18.1 Å². The van der Waals surface area contributed by atoms with Gasteiger partial charge in [-0.1, -0.05) is 36.8 Å². The van der Waals surface area contributed by atoms with Crippen molar-refractivity contribution in [3.63, 3.8) is 0 Å². The van der Waals surface area contributed by atoms with Gasteiger partial charge < -0.3 is 9.47 Å². The van der Waals surface area contributed by atoms with Crippen LogP contribution in [0.4, 0.5) is 0 Å². The summed E-state index contributed by atoms with van der Waals surface area (Å²) in [6.07, 6.45) is 0.860. The molecule has 1 aromatic rings. The van der Waals surface area contributed by atoms with Crippen LogP contribution in [0.3, 0.4) is 0 Å². The summed E-state index contributed by atoms with van der Waals surface area (Å²) in [5.41, 5.74) is 2.62. The Morgan fingerprint density at radius 2 is 1.60 bits per heavy atom. The summed E-state index contributed by atoms with van der Waals surface area (Å²) in [5, 5.41) is 0. The Balaban J connectivity index is 2.57. The molecule has 0 spiro atoms. The summed E-state index contributed by atoms with van der Waals surface area (Å²) in [6, 6.07) is 8.59. The van der Waals surface area contributed by atoms with Gasteiger partial charge in [-0.2, -0.15) is 0 Å². The van der Waals surface area contributed by atoms with Gasteiger partial charge in [-0.15, -0.1) is 0 Å². The molecule has 0 N–H and O–H groups in total. The molecular formula is C13H20O2. The van der Waals surface area contributed by atoms with E-state index in [4.69, 9.17) is 9.47 Å². The molecule has 1 aromatic carbocycles. The second kappa shape index (κ2) is 5.89. The van der Waals surface area contributed by atoms with E-state index < -0.39 is 0 Å². The third-order valence-electron chi connectivity index (χ3n) is 2.61. The predicted molar refractivity (Wildman–Crippen MR) is 61.9 cm³/mol. The summed E-state index contributed by atoms with van der Waals surface area (Å²) < 4.78 is 10.5. The van der Waals surface area contributed by atoms with Crippen molar-refractivity contribution in [1.82, 2.24) is 0 Å². The smallest absolute Gasteiger partial charge is 0.159 e. The molecule has 0 saturated heterocycles. The minimum atomic E-state index is -0.119. The van der Waals surface area contributed by atoms with E-state index in [9.17, 15) is 0 Å². The molecule has 1 unspecified atom stereocenters. The van der Waals surface area contributed by atoms with Crippen molar-refractivity contribution in [2.75, 3.05) is 14.2 Å². The monoisotopic (exact) mass is 208 g/mol. The lowest BCUT2D eigenvalue weighted by Gasteiger charge is -2.21. The van der Waals surface area contributed by atoms with Crippen LogP contribution in [0.25, 0.3) is 0 Å². The van der Waals surface area contributed by atoms with Crippen molar-refractivity contribution >= 4 is 0 Å². The Labute approximate surface area is 92.2 Å². The third-order valence-corrected chi connectivity index (χ3v) is 2.61. The average molecular weight is 208 g/mol. The lowest BCUT2D eigenvalue weighted by molar-refractivity contribution is -0.132. The maximum absolute atomic E-state index is 5.23. The van der Waals surface area contributed by atoms with Gasteiger partial charge in [0.2, 0.25) is 0 Å². The van der Waals surface area contributed by atoms with Gasteiger partial charge in [0, 0.05) is 20.1 Å². The molecule has 2 heteroatoms. The molecule has 2 nitrogen and oxygen atoms in total. The van der Waals surface area contributed by atoms with Crippen molar-refractivity contribution < 1.29 is 9.47 Å². The SMILES string of the molecule is COC(OC)C(C)Cc1ccc(C)cc1. The molecule has 1 atom stereocenters. The zero-order chi connectivity index (χ0) is 11.3. The molecule has 0 radical (unpaired) electrons. The van der Waals surface area contributed by atoms with Crippen LogP contribution in [0.15, 0.2) is 24.3 Å². The largest absolute Gasteiger partial charge is 0.356 e. The molecule has 0 bridgehead atoms. The minimum Gasteiger partial charge on any atom is -0.356 e. The van der Waals surface area contributed by atoms with Gasteiger partial charge in [-0.25, -0.2) is 0 Å². The third kappa shape index (κ3) is 3.65. The standard InChI is InChI=1S/C13H20O2/c1-10-5-7-12(8-6-10)9-11(2)13(14-3)15-4/h5-8,11,13H,9H2,1-4H3. The van der Waals surface area contributed by atoms with Crippen molar-refractivity contribution in [3.8, 4) is 0 Å². The lowest BCUT2D eigenvalue weighted by Crippen LogP contribution is -2.24. The van der Waals surface area contributed by atoms with Gasteiger partial charge >= 0.3 is 0 Å². The van der Waals surface area contributed by atoms with Crippen molar-refractivity contribution in [1.29, 1.82) is 0 Å². The van der Waals surface area contributed by atoms with E-state index in [-0.39, 0.29) is 6.29 Å². The van der Waals surface area contributed by atoms with Crippen molar-refractivity contribution in [3.05, 3.63) is 35.4 Å². The predicted octanol–water partition coefficient (Wildman–Crippen LogP) is 2.79. The maximum atomic E-state index is 5.23. The minimum absolute atomic E-state index is 0.119. The Bertz CT molecular complexity index is 275. The first kappa shape index (κ1) is 12.2. The molecule has 1 rings (SSSR count). The number of methoxy groups -OCH3 is 2. The van der Waals surface area contributed by atoms with E-state index in [1.807, 2.05) is 0 Å². The Kier molecular flexibility index (Phi) is 4.79. The lowest BCUT2D eigenvalue weighted by atomic mass is 10.00. The Hall–Kier alpha value is -0.860. The number of ether oxygens (including phenoxy) is 2. The first-order valence-corrected chi connectivity index (χ1v) is 5.28. The van der Waals surface area contributed by atoms with E-state index >= 15 is 0 Å². The van der Waals surface area contributed by atoms with E-state index in [0.717, 1.165) is 6.42 Å². The normalized spacial score (nSPS) is 13.1. The molecule has 0 amide bonds. The average Bonchev–Trinajstić information content (AvgIpc) is 2.23. The van der Waals surface area contributed by atoms with Crippen LogP contribution < -0.4 is 0 Å². The van der Waals surface area contributed by atoms with Gasteiger partial charge in [-0.05, 0) is 18.9 Å². The summed E-state index contributed by atoms with van der Waals surface area (Å²) in [6.45, 7) is 4.23. The molecule has 0 heterocycles. The maximum Gasteiger partial charge on any atom is 0.159 e. The molecule has 0 aliphatic heterocycles. The summed E-state index contributed by atoms with van der Waals surface area (Å²) in [5.74, 6) is 0.364. The van der Waals surface area contributed by atoms with Gasteiger partial charge in [0.05, 0.1) is 0 Å². The Morgan fingerprint density at radius 1 is 1.07 bits per heavy atom.